The van der Waals surface area contributed by atoms with Crippen LogP contribution in [0.5, 0.6) is 5.75 Å². The molecule has 1 saturated heterocycles. The molecule has 1 aliphatic heterocycles. The molecule has 0 radical (unpaired) electrons. The van der Waals surface area contributed by atoms with E-state index >= 15 is 0 Å². The lowest BCUT2D eigenvalue weighted by Crippen LogP contribution is -2.53. The summed E-state index contributed by atoms with van der Waals surface area (Å²) in [6, 6.07) is 3.67. The highest BCUT2D eigenvalue weighted by atomic mass is 35.5. The third-order valence-corrected chi connectivity index (χ3v) is 4.93. The number of rotatable bonds is 3. The summed E-state index contributed by atoms with van der Waals surface area (Å²) in [6.07, 6.45) is 0. The molecule has 0 aromatic heterocycles. The van der Waals surface area contributed by atoms with Crippen molar-refractivity contribution in [1.29, 1.82) is 0 Å². The Morgan fingerprint density at radius 1 is 1.04 bits per heavy atom. The van der Waals surface area contributed by atoms with Crippen LogP contribution in [0.1, 0.15) is 31.9 Å². The maximum absolute atomic E-state index is 12.4. The lowest BCUT2D eigenvalue weighted by molar-refractivity contribution is -0.145. The number of carbonyl (C=O) groups is 2. The number of benzene rings is 1. The summed E-state index contributed by atoms with van der Waals surface area (Å²) in [5.74, 6) is 0.713. The standard InChI is InChI=1S/C19H27ClN2O3/c1-13-10-15(11-14(2)17(13)20)25-12-16(23)21-6-8-22(9-7-21)18(24)19(3,4)5/h10-11H,6-9,12H2,1-5H3. The number of hydrogen-bond acceptors (Lipinski definition) is 3. The number of nitrogens with zero attached hydrogens (tertiary/aromatic N) is 2. The van der Waals surface area contributed by atoms with E-state index in [-0.39, 0.29) is 23.8 Å². The van der Waals surface area contributed by atoms with Gasteiger partial charge in [-0.15, -0.1) is 0 Å². The van der Waals surface area contributed by atoms with E-state index < -0.39 is 0 Å². The Balaban J connectivity index is 1.86. The number of aryl methyl sites for hydroxylation is 2. The van der Waals surface area contributed by atoms with Gasteiger partial charge < -0.3 is 14.5 Å². The van der Waals surface area contributed by atoms with E-state index in [1.165, 1.54) is 0 Å². The van der Waals surface area contributed by atoms with Gasteiger partial charge in [0.25, 0.3) is 5.91 Å². The van der Waals surface area contributed by atoms with Crippen LogP contribution in [0.2, 0.25) is 5.02 Å². The molecular weight excluding hydrogens is 340 g/mol. The molecule has 1 aliphatic rings. The molecule has 1 aromatic carbocycles. The fourth-order valence-electron chi connectivity index (χ4n) is 2.86. The predicted octanol–water partition coefficient (Wildman–Crippen LogP) is 3.05. The van der Waals surface area contributed by atoms with E-state index in [1.807, 2.05) is 51.7 Å². The van der Waals surface area contributed by atoms with Crippen LogP contribution < -0.4 is 4.74 Å². The first-order valence-electron chi connectivity index (χ1n) is 8.56. The zero-order valence-corrected chi connectivity index (χ0v) is 16.4. The van der Waals surface area contributed by atoms with Crippen molar-refractivity contribution in [2.75, 3.05) is 32.8 Å². The van der Waals surface area contributed by atoms with Crippen molar-refractivity contribution in [3.8, 4) is 5.75 Å². The molecule has 0 unspecified atom stereocenters. The average molecular weight is 367 g/mol. The molecule has 0 N–H and O–H groups in total. The number of hydrogen-bond donors (Lipinski definition) is 0. The molecule has 2 amide bonds. The van der Waals surface area contributed by atoms with Crippen LogP contribution in [0.3, 0.4) is 0 Å². The fourth-order valence-corrected chi connectivity index (χ4v) is 2.97. The number of amides is 2. The van der Waals surface area contributed by atoms with E-state index in [0.717, 1.165) is 16.1 Å². The molecule has 6 heteroatoms. The third kappa shape index (κ3) is 4.88. The maximum atomic E-state index is 12.4. The Morgan fingerprint density at radius 2 is 1.52 bits per heavy atom. The minimum atomic E-state index is -0.389. The summed E-state index contributed by atoms with van der Waals surface area (Å²) in [5, 5.41) is 0.721. The minimum absolute atomic E-state index is 0.00622. The highest BCUT2D eigenvalue weighted by molar-refractivity contribution is 6.32. The molecule has 0 saturated carbocycles. The third-order valence-electron chi connectivity index (χ3n) is 4.33. The van der Waals surface area contributed by atoms with Crippen LogP contribution in [0.15, 0.2) is 12.1 Å². The van der Waals surface area contributed by atoms with Gasteiger partial charge in [-0.2, -0.15) is 0 Å². The molecule has 0 atom stereocenters. The number of piperazine rings is 1. The van der Waals surface area contributed by atoms with E-state index in [4.69, 9.17) is 16.3 Å². The topological polar surface area (TPSA) is 49.9 Å². The van der Waals surface area contributed by atoms with E-state index in [0.29, 0.717) is 31.9 Å². The first-order valence-corrected chi connectivity index (χ1v) is 8.94. The molecular formula is C19H27ClN2O3. The maximum Gasteiger partial charge on any atom is 0.260 e. The summed E-state index contributed by atoms with van der Waals surface area (Å²) in [6.45, 7) is 11.8. The number of ether oxygens (including phenoxy) is 1. The quantitative estimate of drug-likeness (QED) is 0.826. The van der Waals surface area contributed by atoms with Gasteiger partial charge in [-0.25, -0.2) is 0 Å². The number of halogens is 1. The van der Waals surface area contributed by atoms with Gasteiger partial charge in [0.2, 0.25) is 5.91 Å². The second-order valence-electron chi connectivity index (χ2n) is 7.58. The Hall–Kier alpha value is -1.75. The Kier molecular flexibility index (Phi) is 5.99. The van der Waals surface area contributed by atoms with Crippen LogP contribution in [0.4, 0.5) is 0 Å². The van der Waals surface area contributed by atoms with Crippen molar-refractivity contribution < 1.29 is 14.3 Å². The van der Waals surface area contributed by atoms with Gasteiger partial charge in [0, 0.05) is 36.6 Å². The van der Waals surface area contributed by atoms with Gasteiger partial charge in [0.1, 0.15) is 5.75 Å². The van der Waals surface area contributed by atoms with Gasteiger partial charge >= 0.3 is 0 Å². The molecule has 1 aromatic rings. The van der Waals surface area contributed by atoms with Crippen molar-refractivity contribution in [2.45, 2.75) is 34.6 Å². The van der Waals surface area contributed by atoms with Crippen molar-refractivity contribution in [2.24, 2.45) is 5.41 Å². The molecule has 0 spiro atoms. The van der Waals surface area contributed by atoms with E-state index in [2.05, 4.69) is 0 Å². The van der Waals surface area contributed by atoms with Crippen molar-refractivity contribution in [3.05, 3.63) is 28.3 Å². The minimum Gasteiger partial charge on any atom is -0.484 e. The Bertz CT molecular complexity index is 636. The SMILES string of the molecule is Cc1cc(OCC(=O)N2CCN(C(=O)C(C)(C)C)CC2)cc(C)c1Cl. The van der Waals surface area contributed by atoms with Crippen LogP contribution in [-0.4, -0.2) is 54.4 Å². The van der Waals surface area contributed by atoms with Crippen molar-refractivity contribution >= 4 is 23.4 Å². The van der Waals surface area contributed by atoms with Crippen LogP contribution in [0, 0.1) is 19.3 Å². The first kappa shape index (κ1) is 19.6. The van der Waals surface area contributed by atoms with E-state index in [9.17, 15) is 9.59 Å². The monoisotopic (exact) mass is 366 g/mol. The van der Waals surface area contributed by atoms with E-state index in [1.54, 1.807) is 4.90 Å². The van der Waals surface area contributed by atoms with Gasteiger partial charge in [0.05, 0.1) is 0 Å². The van der Waals surface area contributed by atoms with Crippen molar-refractivity contribution in [1.82, 2.24) is 9.80 Å². The molecule has 138 valence electrons. The normalized spacial score (nSPS) is 15.3. The van der Waals surface area contributed by atoms with Crippen molar-refractivity contribution in [3.63, 3.8) is 0 Å². The molecule has 5 nitrogen and oxygen atoms in total. The Morgan fingerprint density at radius 3 is 2.00 bits per heavy atom. The highest BCUT2D eigenvalue weighted by Crippen LogP contribution is 2.26. The Labute approximate surface area is 154 Å². The fraction of sp³-hybridized carbons (Fsp3) is 0.579. The smallest absolute Gasteiger partial charge is 0.260 e. The molecule has 25 heavy (non-hydrogen) atoms. The first-order chi connectivity index (χ1) is 11.6. The molecule has 2 rings (SSSR count). The summed E-state index contributed by atoms with van der Waals surface area (Å²) >= 11 is 6.14. The second-order valence-corrected chi connectivity index (χ2v) is 7.96. The van der Waals surface area contributed by atoms with Crippen LogP contribution in [0.25, 0.3) is 0 Å². The number of carbonyl (C=O) groups excluding carboxylic acids is 2. The summed E-state index contributed by atoms with van der Waals surface area (Å²) < 4.78 is 5.64. The summed E-state index contributed by atoms with van der Waals surface area (Å²) in [7, 11) is 0. The lowest BCUT2D eigenvalue weighted by atomic mass is 9.94. The van der Waals surface area contributed by atoms with Crippen LogP contribution >= 0.6 is 11.6 Å². The zero-order valence-electron chi connectivity index (χ0n) is 15.7. The molecule has 1 heterocycles. The summed E-state index contributed by atoms with van der Waals surface area (Å²) in [5.41, 5.74) is 1.47. The van der Waals surface area contributed by atoms with Gasteiger partial charge in [0.15, 0.2) is 6.61 Å². The predicted molar refractivity (Wildman–Crippen MR) is 99.0 cm³/mol. The van der Waals surface area contributed by atoms with Crippen LogP contribution in [-0.2, 0) is 9.59 Å². The largest absolute Gasteiger partial charge is 0.484 e. The molecule has 0 bridgehead atoms. The highest BCUT2D eigenvalue weighted by Gasteiger charge is 2.30. The molecule has 1 fully saturated rings. The second kappa shape index (κ2) is 7.65. The van der Waals surface area contributed by atoms with Gasteiger partial charge in [-0.3, -0.25) is 9.59 Å². The zero-order chi connectivity index (χ0) is 18.8. The lowest BCUT2D eigenvalue weighted by Gasteiger charge is -2.37. The summed E-state index contributed by atoms with van der Waals surface area (Å²) in [4.78, 5) is 28.2. The van der Waals surface area contributed by atoms with Gasteiger partial charge in [-0.05, 0) is 37.1 Å². The van der Waals surface area contributed by atoms with Gasteiger partial charge in [-0.1, -0.05) is 32.4 Å². The molecule has 0 aliphatic carbocycles. The average Bonchev–Trinajstić information content (AvgIpc) is 2.56.